The van der Waals surface area contributed by atoms with Crippen LogP contribution in [0.25, 0.3) is 0 Å². The molecular weight excluding hydrogens is 256 g/mol. The van der Waals surface area contributed by atoms with E-state index in [1.54, 1.807) is 12.0 Å². The van der Waals surface area contributed by atoms with Crippen LogP contribution in [0, 0.1) is 0 Å². The molecule has 1 aliphatic rings. The van der Waals surface area contributed by atoms with Gasteiger partial charge in [0.1, 0.15) is 6.42 Å². The molecule has 1 aromatic rings. The van der Waals surface area contributed by atoms with Crippen LogP contribution in [0.4, 0.5) is 5.69 Å². The Hall–Kier alpha value is -1.88. The Morgan fingerprint density at radius 1 is 1.35 bits per heavy atom. The second-order valence-electron chi connectivity index (χ2n) is 4.80. The van der Waals surface area contributed by atoms with Crippen molar-refractivity contribution in [2.45, 2.75) is 19.3 Å². The highest BCUT2D eigenvalue weighted by molar-refractivity contribution is 6.05. The molecule has 1 N–H and O–H groups in total. The zero-order valence-electron chi connectivity index (χ0n) is 11.7. The van der Waals surface area contributed by atoms with Gasteiger partial charge in [0.25, 0.3) is 0 Å². The third kappa shape index (κ3) is 3.57. The zero-order valence-corrected chi connectivity index (χ0v) is 11.7. The summed E-state index contributed by atoms with van der Waals surface area (Å²) in [5.74, 6) is -0.401. The Morgan fingerprint density at radius 3 is 2.95 bits per heavy atom. The Kier molecular flexibility index (Phi) is 5.12. The molecule has 5 heteroatoms. The van der Waals surface area contributed by atoms with Gasteiger partial charge in [-0.1, -0.05) is 18.2 Å². The first-order valence-electron chi connectivity index (χ1n) is 6.86. The number of methoxy groups -OCH3 is 1. The molecule has 20 heavy (non-hydrogen) atoms. The lowest BCUT2D eigenvalue weighted by atomic mass is 10.0. The normalized spacial score (nSPS) is 13.8. The summed E-state index contributed by atoms with van der Waals surface area (Å²) in [6.45, 7) is 1.56. The van der Waals surface area contributed by atoms with E-state index < -0.39 is 0 Å². The molecule has 0 atom stereocenters. The minimum absolute atomic E-state index is 0.113. The van der Waals surface area contributed by atoms with Crippen LogP contribution in [0.1, 0.15) is 18.4 Å². The van der Waals surface area contributed by atoms with Crippen LogP contribution >= 0.6 is 0 Å². The fraction of sp³-hybridized carbons (Fsp3) is 0.467. The molecule has 1 aliphatic heterocycles. The maximum Gasteiger partial charge on any atom is 0.236 e. The van der Waals surface area contributed by atoms with Gasteiger partial charge in [0.15, 0.2) is 0 Å². The SMILES string of the molecule is COCCNC(=O)CC(=O)N1CCCc2ccccc21. The third-order valence-corrected chi connectivity index (χ3v) is 3.35. The molecule has 5 nitrogen and oxygen atoms in total. The van der Waals surface area contributed by atoms with E-state index in [1.165, 1.54) is 5.56 Å². The van der Waals surface area contributed by atoms with Crippen LogP contribution in [0.5, 0.6) is 0 Å². The highest BCUT2D eigenvalue weighted by Gasteiger charge is 2.23. The number of amides is 2. The number of benzene rings is 1. The molecule has 0 saturated carbocycles. The van der Waals surface area contributed by atoms with Gasteiger partial charge in [-0.15, -0.1) is 0 Å². The van der Waals surface area contributed by atoms with Gasteiger partial charge in [0.2, 0.25) is 11.8 Å². The Labute approximate surface area is 118 Å². The zero-order chi connectivity index (χ0) is 14.4. The van der Waals surface area contributed by atoms with Gasteiger partial charge in [0, 0.05) is 25.9 Å². The standard InChI is InChI=1S/C15H20N2O3/c1-20-10-8-16-14(18)11-15(19)17-9-4-6-12-5-2-3-7-13(12)17/h2-3,5,7H,4,6,8-11H2,1H3,(H,16,18). The number of fused-ring (bicyclic) bond motifs is 1. The first-order valence-corrected chi connectivity index (χ1v) is 6.86. The second-order valence-corrected chi connectivity index (χ2v) is 4.80. The highest BCUT2D eigenvalue weighted by Crippen LogP contribution is 2.26. The van der Waals surface area contributed by atoms with Crippen LogP contribution in [0.2, 0.25) is 0 Å². The van der Waals surface area contributed by atoms with Gasteiger partial charge in [-0.3, -0.25) is 9.59 Å². The number of nitrogens with zero attached hydrogens (tertiary/aromatic N) is 1. The van der Waals surface area contributed by atoms with Crippen LogP contribution < -0.4 is 10.2 Å². The summed E-state index contributed by atoms with van der Waals surface area (Å²) < 4.78 is 4.85. The summed E-state index contributed by atoms with van der Waals surface area (Å²) in [5.41, 5.74) is 2.11. The van der Waals surface area contributed by atoms with Gasteiger partial charge in [0.05, 0.1) is 6.61 Å². The molecule has 0 saturated heterocycles. The van der Waals surface area contributed by atoms with Crippen LogP contribution in [-0.4, -0.2) is 38.6 Å². The van der Waals surface area contributed by atoms with Gasteiger partial charge in [-0.2, -0.15) is 0 Å². The predicted octanol–water partition coefficient (Wildman–Crippen LogP) is 1.12. The van der Waals surface area contributed by atoms with E-state index in [4.69, 9.17) is 4.74 Å². The molecule has 0 spiro atoms. The van der Waals surface area contributed by atoms with Gasteiger partial charge < -0.3 is 15.0 Å². The van der Waals surface area contributed by atoms with Crippen molar-refractivity contribution in [1.82, 2.24) is 5.32 Å². The average Bonchev–Trinajstić information content (AvgIpc) is 2.47. The van der Waals surface area contributed by atoms with Crippen LogP contribution in [0.15, 0.2) is 24.3 Å². The molecule has 0 aliphatic carbocycles. The summed E-state index contributed by atoms with van der Waals surface area (Å²) in [5, 5.41) is 2.67. The number of anilines is 1. The molecule has 2 rings (SSSR count). The molecule has 0 fully saturated rings. The van der Waals surface area contributed by atoms with Crippen LogP contribution in [0.3, 0.4) is 0 Å². The molecule has 0 bridgehead atoms. The van der Waals surface area contributed by atoms with Crippen molar-refractivity contribution in [2.24, 2.45) is 0 Å². The third-order valence-electron chi connectivity index (χ3n) is 3.35. The van der Waals surface area contributed by atoms with E-state index in [1.807, 2.05) is 24.3 Å². The van der Waals surface area contributed by atoms with Crippen molar-refractivity contribution in [3.63, 3.8) is 0 Å². The topological polar surface area (TPSA) is 58.6 Å². The van der Waals surface area contributed by atoms with Crippen molar-refractivity contribution >= 4 is 17.5 Å². The predicted molar refractivity (Wildman–Crippen MR) is 76.6 cm³/mol. The lowest BCUT2D eigenvalue weighted by Gasteiger charge is -2.29. The lowest BCUT2D eigenvalue weighted by molar-refractivity contribution is -0.128. The van der Waals surface area contributed by atoms with Gasteiger partial charge in [-0.25, -0.2) is 0 Å². The molecular formula is C15H20N2O3. The largest absolute Gasteiger partial charge is 0.383 e. The molecule has 108 valence electrons. The van der Waals surface area contributed by atoms with E-state index in [2.05, 4.69) is 5.32 Å². The quantitative estimate of drug-likeness (QED) is 0.647. The van der Waals surface area contributed by atoms with Crippen molar-refractivity contribution in [2.75, 3.05) is 31.7 Å². The number of nitrogens with one attached hydrogen (secondary N) is 1. The van der Waals surface area contributed by atoms with E-state index in [9.17, 15) is 9.59 Å². The van der Waals surface area contributed by atoms with Crippen LogP contribution in [-0.2, 0) is 20.7 Å². The number of carbonyl (C=O) groups is 2. The Morgan fingerprint density at radius 2 is 2.15 bits per heavy atom. The number of para-hydroxylation sites is 1. The smallest absolute Gasteiger partial charge is 0.236 e. The maximum absolute atomic E-state index is 12.2. The van der Waals surface area contributed by atoms with E-state index in [-0.39, 0.29) is 18.2 Å². The van der Waals surface area contributed by atoms with E-state index in [0.717, 1.165) is 18.5 Å². The van der Waals surface area contributed by atoms with E-state index >= 15 is 0 Å². The summed E-state index contributed by atoms with van der Waals surface area (Å²) in [4.78, 5) is 25.6. The minimum atomic E-state index is -0.255. The van der Waals surface area contributed by atoms with Gasteiger partial charge >= 0.3 is 0 Å². The van der Waals surface area contributed by atoms with Crippen molar-refractivity contribution in [1.29, 1.82) is 0 Å². The van der Waals surface area contributed by atoms with Crippen molar-refractivity contribution in [3.05, 3.63) is 29.8 Å². The number of hydrogen-bond acceptors (Lipinski definition) is 3. The summed E-state index contributed by atoms with van der Waals surface area (Å²) in [7, 11) is 1.57. The first-order chi connectivity index (χ1) is 9.72. The Bertz CT molecular complexity index is 488. The van der Waals surface area contributed by atoms with E-state index in [0.29, 0.717) is 19.7 Å². The molecule has 0 aromatic heterocycles. The fourth-order valence-electron chi connectivity index (χ4n) is 2.38. The number of rotatable bonds is 5. The molecule has 0 unspecified atom stereocenters. The summed E-state index contributed by atoms with van der Waals surface area (Å²) >= 11 is 0. The minimum Gasteiger partial charge on any atom is -0.383 e. The first kappa shape index (κ1) is 14.5. The second kappa shape index (κ2) is 7.05. The van der Waals surface area contributed by atoms with Gasteiger partial charge in [-0.05, 0) is 24.5 Å². The Balaban J connectivity index is 1.95. The fourth-order valence-corrected chi connectivity index (χ4v) is 2.38. The summed E-state index contributed by atoms with van der Waals surface area (Å²) in [6, 6.07) is 7.87. The highest BCUT2D eigenvalue weighted by atomic mass is 16.5. The number of hydrogen-bond donors (Lipinski definition) is 1. The molecule has 1 aromatic carbocycles. The number of aryl methyl sites for hydroxylation is 1. The lowest BCUT2D eigenvalue weighted by Crippen LogP contribution is -2.39. The maximum atomic E-state index is 12.2. The van der Waals surface area contributed by atoms with Crippen molar-refractivity contribution < 1.29 is 14.3 Å². The van der Waals surface area contributed by atoms with Crippen molar-refractivity contribution in [3.8, 4) is 0 Å². The average molecular weight is 276 g/mol. The monoisotopic (exact) mass is 276 g/mol. The molecule has 1 heterocycles. The molecule has 0 radical (unpaired) electrons. The summed E-state index contributed by atoms with van der Waals surface area (Å²) in [6.07, 6.45) is 1.81. The molecule has 2 amide bonds. The number of carbonyl (C=O) groups excluding carboxylic acids is 2. The number of ether oxygens (including phenoxy) is 1.